The van der Waals surface area contributed by atoms with Gasteiger partial charge in [0.2, 0.25) is 5.95 Å². The summed E-state index contributed by atoms with van der Waals surface area (Å²) in [6.45, 7) is 9.12. The molecule has 0 spiro atoms. The Bertz CT molecular complexity index is 900. The van der Waals surface area contributed by atoms with Gasteiger partial charge in [-0.2, -0.15) is 9.97 Å². The summed E-state index contributed by atoms with van der Waals surface area (Å²) >= 11 is 0. The highest BCUT2D eigenvalue weighted by molar-refractivity contribution is 5.84. The summed E-state index contributed by atoms with van der Waals surface area (Å²) in [5.74, 6) is 1.25. The molecule has 0 aliphatic rings. The van der Waals surface area contributed by atoms with E-state index in [1.807, 2.05) is 36.7 Å². The molecule has 0 saturated carbocycles. The van der Waals surface area contributed by atoms with E-state index in [9.17, 15) is 5.11 Å². The number of hydrogen-bond acceptors (Lipinski definition) is 7. The summed E-state index contributed by atoms with van der Waals surface area (Å²) < 4.78 is 2.04. The zero-order valence-electron chi connectivity index (χ0n) is 17.0. The number of imidazole rings is 1. The lowest BCUT2D eigenvalue weighted by Gasteiger charge is -2.17. The van der Waals surface area contributed by atoms with Crippen molar-refractivity contribution >= 4 is 22.9 Å². The summed E-state index contributed by atoms with van der Waals surface area (Å²) in [7, 11) is 0. The van der Waals surface area contributed by atoms with Crippen molar-refractivity contribution in [1.29, 1.82) is 0 Å². The molecule has 0 aromatic carbocycles. The van der Waals surface area contributed by atoms with Gasteiger partial charge in [-0.25, -0.2) is 4.98 Å². The Morgan fingerprint density at radius 3 is 2.71 bits per heavy atom. The highest BCUT2D eigenvalue weighted by atomic mass is 16.3. The van der Waals surface area contributed by atoms with Crippen LogP contribution in [0, 0.1) is 0 Å². The van der Waals surface area contributed by atoms with E-state index in [4.69, 9.17) is 0 Å². The molecule has 0 saturated heterocycles. The lowest BCUT2D eigenvalue weighted by atomic mass is 10.0. The SMILES string of the molecule is CC(C)n1cnc2c(NCc3cccnc3)nc(NCCCC(C)(C)O)nc21. The molecule has 0 unspecified atom stereocenters. The Morgan fingerprint density at radius 1 is 1.21 bits per heavy atom. The van der Waals surface area contributed by atoms with E-state index >= 15 is 0 Å². The first kappa shape index (κ1) is 20.0. The molecule has 150 valence electrons. The minimum atomic E-state index is -0.667. The third-order valence-corrected chi connectivity index (χ3v) is 4.41. The molecular weight excluding hydrogens is 354 g/mol. The molecular formula is C20H29N7O. The molecule has 0 atom stereocenters. The van der Waals surface area contributed by atoms with Crippen LogP contribution in [0.1, 0.15) is 52.1 Å². The second kappa shape index (κ2) is 8.52. The van der Waals surface area contributed by atoms with E-state index in [1.54, 1.807) is 12.5 Å². The number of nitrogens with one attached hydrogen (secondary N) is 2. The normalized spacial score (nSPS) is 11.9. The summed E-state index contributed by atoms with van der Waals surface area (Å²) in [4.78, 5) is 18.0. The molecule has 0 radical (unpaired) electrons. The number of nitrogens with zero attached hydrogens (tertiary/aromatic N) is 5. The molecule has 0 aliphatic heterocycles. The average molecular weight is 384 g/mol. The van der Waals surface area contributed by atoms with Gasteiger partial charge in [0.25, 0.3) is 0 Å². The molecule has 3 aromatic rings. The lowest BCUT2D eigenvalue weighted by molar-refractivity contribution is 0.0698. The average Bonchev–Trinajstić information content (AvgIpc) is 3.08. The minimum Gasteiger partial charge on any atom is -0.390 e. The fourth-order valence-corrected chi connectivity index (χ4v) is 2.91. The van der Waals surface area contributed by atoms with Crippen LogP contribution in [0.3, 0.4) is 0 Å². The molecule has 3 heterocycles. The molecule has 0 aliphatic carbocycles. The van der Waals surface area contributed by atoms with Gasteiger partial charge in [0.15, 0.2) is 17.0 Å². The molecule has 8 heteroatoms. The monoisotopic (exact) mass is 383 g/mol. The Kier molecular flexibility index (Phi) is 6.08. The van der Waals surface area contributed by atoms with E-state index in [0.717, 1.165) is 23.1 Å². The van der Waals surface area contributed by atoms with E-state index in [0.29, 0.717) is 31.3 Å². The van der Waals surface area contributed by atoms with E-state index in [1.165, 1.54) is 0 Å². The smallest absolute Gasteiger partial charge is 0.226 e. The zero-order chi connectivity index (χ0) is 20.1. The number of aromatic nitrogens is 5. The maximum atomic E-state index is 9.86. The van der Waals surface area contributed by atoms with Crippen LogP contribution in [-0.2, 0) is 6.54 Å². The van der Waals surface area contributed by atoms with Crippen LogP contribution in [0.4, 0.5) is 11.8 Å². The maximum absolute atomic E-state index is 9.86. The van der Waals surface area contributed by atoms with Gasteiger partial charge in [-0.15, -0.1) is 0 Å². The number of aliphatic hydroxyl groups is 1. The van der Waals surface area contributed by atoms with Gasteiger partial charge in [0.05, 0.1) is 11.9 Å². The standard InChI is InChI=1S/C20H29N7O/c1-14(2)27-13-24-16-17(23-12-15-7-5-9-21-11-15)25-19(26-18(16)27)22-10-6-8-20(3,4)28/h5,7,9,11,13-14,28H,6,8,10,12H2,1-4H3,(H2,22,23,25,26). The molecule has 0 bridgehead atoms. The number of anilines is 2. The van der Waals surface area contributed by atoms with Crippen molar-refractivity contribution in [2.75, 3.05) is 17.2 Å². The first-order chi connectivity index (χ1) is 13.3. The topological polar surface area (TPSA) is 101 Å². The molecule has 0 amide bonds. The van der Waals surface area contributed by atoms with Crippen LogP contribution in [0.2, 0.25) is 0 Å². The first-order valence-corrected chi connectivity index (χ1v) is 9.67. The number of pyridine rings is 1. The van der Waals surface area contributed by atoms with Crippen LogP contribution < -0.4 is 10.6 Å². The third-order valence-electron chi connectivity index (χ3n) is 4.41. The number of hydrogen-bond donors (Lipinski definition) is 3. The van der Waals surface area contributed by atoms with Gasteiger partial charge in [-0.1, -0.05) is 6.07 Å². The van der Waals surface area contributed by atoms with Crippen LogP contribution in [0.25, 0.3) is 11.2 Å². The molecule has 28 heavy (non-hydrogen) atoms. The largest absolute Gasteiger partial charge is 0.390 e. The second-order valence-corrected chi connectivity index (χ2v) is 7.87. The van der Waals surface area contributed by atoms with Crippen molar-refractivity contribution < 1.29 is 5.11 Å². The summed E-state index contributed by atoms with van der Waals surface area (Å²) in [5, 5.41) is 16.5. The van der Waals surface area contributed by atoms with Crippen LogP contribution in [0.15, 0.2) is 30.9 Å². The van der Waals surface area contributed by atoms with Crippen molar-refractivity contribution in [3.63, 3.8) is 0 Å². The summed E-state index contributed by atoms with van der Waals surface area (Å²) in [5.41, 5.74) is 1.94. The highest BCUT2D eigenvalue weighted by Gasteiger charge is 2.15. The van der Waals surface area contributed by atoms with Gasteiger partial charge in [0.1, 0.15) is 0 Å². The van der Waals surface area contributed by atoms with E-state index in [-0.39, 0.29) is 6.04 Å². The van der Waals surface area contributed by atoms with Gasteiger partial charge in [-0.05, 0) is 52.2 Å². The Hall–Kier alpha value is -2.74. The molecule has 3 rings (SSSR count). The Labute approximate surface area is 165 Å². The minimum absolute atomic E-state index is 0.245. The quantitative estimate of drug-likeness (QED) is 0.487. The predicted octanol–water partition coefficient (Wildman–Crippen LogP) is 3.38. The van der Waals surface area contributed by atoms with E-state index < -0.39 is 5.60 Å². The maximum Gasteiger partial charge on any atom is 0.226 e. The first-order valence-electron chi connectivity index (χ1n) is 9.67. The number of fused-ring (bicyclic) bond motifs is 1. The fourth-order valence-electron chi connectivity index (χ4n) is 2.91. The Balaban J connectivity index is 1.81. The highest BCUT2D eigenvalue weighted by Crippen LogP contribution is 2.24. The summed E-state index contributed by atoms with van der Waals surface area (Å²) in [6.07, 6.45) is 6.92. The second-order valence-electron chi connectivity index (χ2n) is 7.87. The lowest BCUT2D eigenvalue weighted by Crippen LogP contribution is -2.20. The van der Waals surface area contributed by atoms with Crippen molar-refractivity contribution in [2.24, 2.45) is 0 Å². The molecule has 0 fully saturated rings. The number of rotatable bonds is 9. The summed E-state index contributed by atoms with van der Waals surface area (Å²) in [6, 6.07) is 4.17. The third kappa shape index (κ3) is 5.16. The van der Waals surface area contributed by atoms with Gasteiger partial charge < -0.3 is 20.3 Å². The zero-order valence-corrected chi connectivity index (χ0v) is 17.0. The molecule has 3 N–H and O–H groups in total. The van der Waals surface area contributed by atoms with Gasteiger partial charge >= 0.3 is 0 Å². The van der Waals surface area contributed by atoms with Crippen LogP contribution >= 0.6 is 0 Å². The van der Waals surface area contributed by atoms with Crippen LogP contribution in [0.5, 0.6) is 0 Å². The predicted molar refractivity (Wildman–Crippen MR) is 111 cm³/mol. The van der Waals surface area contributed by atoms with Crippen molar-refractivity contribution in [3.8, 4) is 0 Å². The van der Waals surface area contributed by atoms with Crippen molar-refractivity contribution in [3.05, 3.63) is 36.4 Å². The van der Waals surface area contributed by atoms with Crippen LogP contribution in [-0.4, -0.2) is 41.8 Å². The van der Waals surface area contributed by atoms with Gasteiger partial charge in [0, 0.05) is 31.5 Å². The van der Waals surface area contributed by atoms with E-state index in [2.05, 4.69) is 44.4 Å². The molecule has 8 nitrogen and oxygen atoms in total. The van der Waals surface area contributed by atoms with Crippen molar-refractivity contribution in [2.45, 2.75) is 58.7 Å². The van der Waals surface area contributed by atoms with Crippen molar-refractivity contribution in [1.82, 2.24) is 24.5 Å². The fraction of sp³-hybridized carbons (Fsp3) is 0.500. The van der Waals surface area contributed by atoms with Gasteiger partial charge in [-0.3, -0.25) is 4.98 Å². The Morgan fingerprint density at radius 2 is 2.04 bits per heavy atom. The molecule has 3 aromatic heterocycles.